The second-order valence-electron chi connectivity index (χ2n) is 4.38. The molecule has 0 aromatic carbocycles. The van der Waals surface area contributed by atoms with E-state index < -0.39 is 0 Å². The molecule has 5 nitrogen and oxygen atoms in total. The second kappa shape index (κ2) is 4.51. The lowest BCUT2D eigenvalue weighted by atomic mass is 10.0. The number of hydrogen-bond acceptors (Lipinski definition) is 5. The fourth-order valence-corrected chi connectivity index (χ4v) is 2.04. The SMILES string of the molecule is CCC(NC)c1nnc(C2(C)CCCO2)o1. The van der Waals surface area contributed by atoms with Crippen LogP contribution in [0.1, 0.15) is 50.9 Å². The van der Waals surface area contributed by atoms with Gasteiger partial charge in [-0.3, -0.25) is 0 Å². The molecule has 0 radical (unpaired) electrons. The van der Waals surface area contributed by atoms with Crippen molar-refractivity contribution in [3.63, 3.8) is 0 Å². The molecule has 90 valence electrons. The zero-order valence-electron chi connectivity index (χ0n) is 10.1. The van der Waals surface area contributed by atoms with E-state index in [0.29, 0.717) is 11.8 Å². The van der Waals surface area contributed by atoms with Gasteiger partial charge in [-0.25, -0.2) is 0 Å². The number of rotatable bonds is 4. The summed E-state index contributed by atoms with van der Waals surface area (Å²) in [6.45, 7) is 4.87. The van der Waals surface area contributed by atoms with Gasteiger partial charge in [0.2, 0.25) is 11.8 Å². The van der Waals surface area contributed by atoms with Crippen molar-refractivity contribution in [2.45, 2.75) is 44.8 Å². The molecule has 0 aliphatic carbocycles. The van der Waals surface area contributed by atoms with Crippen LogP contribution < -0.4 is 5.32 Å². The fourth-order valence-electron chi connectivity index (χ4n) is 2.04. The lowest BCUT2D eigenvalue weighted by Gasteiger charge is -2.17. The van der Waals surface area contributed by atoms with E-state index in [4.69, 9.17) is 9.15 Å². The van der Waals surface area contributed by atoms with Gasteiger partial charge in [0.15, 0.2) is 0 Å². The molecule has 1 saturated heterocycles. The van der Waals surface area contributed by atoms with Crippen LogP contribution in [-0.2, 0) is 10.3 Å². The van der Waals surface area contributed by atoms with Crippen LogP contribution in [0.25, 0.3) is 0 Å². The van der Waals surface area contributed by atoms with Crippen molar-refractivity contribution in [3.8, 4) is 0 Å². The Labute approximate surface area is 95.6 Å². The van der Waals surface area contributed by atoms with E-state index in [1.807, 2.05) is 14.0 Å². The van der Waals surface area contributed by atoms with Gasteiger partial charge >= 0.3 is 0 Å². The molecule has 2 rings (SSSR count). The van der Waals surface area contributed by atoms with Crippen LogP contribution in [-0.4, -0.2) is 23.9 Å². The Morgan fingerprint density at radius 3 is 2.88 bits per heavy atom. The first-order chi connectivity index (χ1) is 7.69. The average molecular weight is 225 g/mol. The number of ether oxygens (including phenoxy) is 1. The molecule has 0 amide bonds. The fraction of sp³-hybridized carbons (Fsp3) is 0.818. The summed E-state index contributed by atoms with van der Waals surface area (Å²) in [4.78, 5) is 0. The maximum Gasteiger partial charge on any atom is 0.248 e. The van der Waals surface area contributed by atoms with Crippen LogP contribution in [0.4, 0.5) is 0 Å². The van der Waals surface area contributed by atoms with Gasteiger partial charge in [-0.2, -0.15) is 0 Å². The average Bonchev–Trinajstić information content (AvgIpc) is 2.90. The van der Waals surface area contributed by atoms with Crippen LogP contribution in [0.3, 0.4) is 0 Å². The van der Waals surface area contributed by atoms with Crippen LogP contribution in [0, 0.1) is 0 Å². The van der Waals surface area contributed by atoms with Gasteiger partial charge in [0.1, 0.15) is 5.60 Å². The third-order valence-electron chi connectivity index (χ3n) is 3.17. The molecule has 1 aromatic rings. The molecule has 5 heteroatoms. The van der Waals surface area contributed by atoms with E-state index in [-0.39, 0.29) is 11.6 Å². The first-order valence-electron chi connectivity index (χ1n) is 5.84. The summed E-state index contributed by atoms with van der Waals surface area (Å²) >= 11 is 0. The van der Waals surface area contributed by atoms with Crippen LogP contribution in [0.5, 0.6) is 0 Å². The summed E-state index contributed by atoms with van der Waals surface area (Å²) in [5, 5.41) is 11.3. The van der Waals surface area contributed by atoms with Crippen LogP contribution in [0.2, 0.25) is 0 Å². The van der Waals surface area contributed by atoms with E-state index >= 15 is 0 Å². The molecule has 2 heterocycles. The van der Waals surface area contributed by atoms with Crippen molar-refractivity contribution in [3.05, 3.63) is 11.8 Å². The lowest BCUT2D eigenvalue weighted by molar-refractivity contribution is -0.00650. The summed E-state index contributed by atoms with van der Waals surface area (Å²) in [7, 11) is 1.89. The summed E-state index contributed by atoms with van der Waals surface area (Å²) in [5.41, 5.74) is -0.378. The number of nitrogens with zero attached hydrogens (tertiary/aromatic N) is 2. The summed E-state index contributed by atoms with van der Waals surface area (Å²) in [6.07, 6.45) is 2.93. The maximum atomic E-state index is 5.70. The third-order valence-corrected chi connectivity index (χ3v) is 3.17. The van der Waals surface area contributed by atoms with Gasteiger partial charge in [-0.15, -0.1) is 10.2 Å². The highest BCUT2D eigenvalue weighted by atomic mass is 16.5. The molecule has 1 aliphatic rings. The predicted octanol–water partition coefficient (Wildman–Crippen LogP) is 1.77. The molecule has 1 aromatic heterocycles. The van der Waals surface area contributed by atoms with E-state index in [1.165, 1.54) is 0 Å². The standard InChI is InChI=1S/C11H19N3O2/c1-4-8(12-3)9-13-14-10(16-9)11(2)6-5-7-15-11/h8,12H,4-7H2,1-3H3. The Morgan fingerprint density at radius 1 is 1.50 bits per heavy atom. The molecule has 1 N–H and O–H groups in total. The van der Waals surface area contributed by atoms with Gasteiger partial charge in [0.05, 0.1) is 6.04 Å². The highest BCUT2D eigenvalue weighted by molar-refractivity contribution is 4.99. The first kappa shape index (κ1) is 11.5. The van der Waals surface area contributed by atoms with Crippen LogP contribution in [0.15, 0.2) is 4.42 Å². The number of nitrogens with one attached hydrogen (secondary N) is 1. The van der Waals surface area contributed by atoms with Crippen molar-refractivity contribution in [2.24, 2.45) is 0 Å². The molecular weight excluding hydrogens is 206 g/mol. The Hall–Kier alpha value is -0.940. The minimum absolute atomic E-state index is 0.131. The van der Waals surface area contributed by atoms with Crippen molar-refractivity contribution in [2.75, 3.05) is 13.7 Å². The molecule has 0 bridgehead atoms. The molecule has 0 spiro atoms. The van der Waals surface area contributed by atoms with Crippen molar-refractivity contribution in [1.29, 1.82) is 0 Å². The minimum Gasteiger partial charge on any atom is -0.420 e. The zero-order chi connectivity index (χ0) is 11.6. The minimum atomic E-state index is -0.378. The summed E-state index contributed by atoms with van der Waals surface area (Å²) in [6, 6.07) is 0.131. The summed E-state index contributed by atoms with van der Waals surface area (Å²) < 4.78 is 11.4. The van der Waals surface area contributed by atoms with Crippen LogP contribution >= 0.6 is 0 Å². The van der Waals surface area contributed by atoms with E-state index in [2.05, 4.69) is 22.4 Å². The highest BCUT2D eigenvalue weighted by Crippen LogP contribution is 2.35. The molecular formula is C11H19N3O2. The smallest absolute Gasteiger partial charge is 0.248 e. The molecule has 1 fully saturated rings. The van der Waals surface area contributed by atoms with E-state index in [0.717, 1.165) is 25.9 Å². The summed E-state index contributed by atoms with van der Waals surface area (Å²) in [5.74, 6) is 1.26. The number of hydrogen-bond donors (Lipinski definition) is 1. The molecule has 2 atom stereocenters. The monoisotopic (exact) mass is 225 g/mol. The maximum absolute atomic E-state index is 5.70. The van der Waals surface area contributed by atoms with Gasteiger partial charge in [0.25, 0.3) is 0 Å². The normalized spacial score (nSPS) is 27.2. The number of aromatic nitrogens is 2. The van der Waals surface area contributed by atoms with Crippen molar-refractivity contribution >= 4 is 0 Å². The Bertz CT molecular complexity index is 341. The Balaban J connectivity index is 2.18. The highest BCUT2D eigenvalue weighted by Gasteiger charge is 2.37. The lowest BCUT2D eigenvalue weighted by Crippen LogP contribution is -2.20. The van der Waals surface area contributed by atoms with E-state index in [1.54, 1.807) is 0 Å². The first-order valence-corrected chi connectivity index (χ1v) is 5.84. The third kappa shape index (κ3) is 1.97. The van der Waals surface area contributed by atoms with Gasteiger partial charge in [-0.05, 0) is 33.2 Å². The topological polar surface area (TPSA) is 60.2 Å². The van der Waals surface area contributed by atoms with Gasteiger partial charge in [-0.1, -0.05) is 6.92 Å². The molecule has 2 unspecified atom stereocenters. The molecule has 1 aliphatic heterocycles. The van der Waals surface area contributed by atoms with Gasteiger partial charge in [0, 0.05) is 6.61 Å². The zero-order valence-corrected chi connectivity index (χ0v) is 10.1. The Morgan fingerprint density at radius 2 is 2.31 bits per heavy atom. The Kier molecular flexibility index (Phi) is 3.25. The molecule has 16 heavy (non-hydrogen) atoms. The quantitative estimate of drug-likeness (QED) is 0.846. The molecule has 0 saturated carbocycles. The predicted molar refractivity (Wildman–Crippen MR) is 58.9 cm³/mol. The van der Waals surface area contributed by atoms with Crippen molar-refractivity contribution in [1.82, 2.24) is 15.5 Å². The van der Waals surface area contributed by atoms with Gasteiger partial charge < -0.3 is 14.5 Å². The largest absolute Gasteiger partial charge is 0.420 e. The second-order valence-corrected chi connectivity index (χ2v) is 4.38. The van der Waals surface area contributed by atoms with Crippen molar-refractivity contribution < 1.29 is 9.15 Å². The van der Waals surface area contributed by atoms with E-state index in [9.17, 15) is 0 Å².